The molecular formula is C43H30B5N3OS. The zero-order valence-electron chi connectivity index (χ0n) is 30.2. The maximum atomic E-state index is 6.29. The molecule has 3 aromatic heterocycles. The summed E-state index contributed by atoms with van der Waals surface area (Å²) in [5, 5.41) is 7.35. The van der Waals surface area contributed by atoms with E-state index >= 15 is 0 Å². The molecule has 3 heterocycles. The van der Waals surface area contributed by atoms with Gasteiger partial charge in [-0.25, -0.2) is 15.0 Å². The summed E-state index contributed by atoms with van der Waals surface area (Å²) in [7, 11) is 10.9. The zero-order chi connectivity index (χ0) is 36.0. The average Bonchev–Trinajstić information content (AvgIpc) is 3.78. The van der Waals surface area contributed by atoms with Crippen molar-refractivity contribution in [2.24, 2.45) is 0 Å². The van der Waals surface area contributed by atoms with Crippen molar-refractivity contribution in [1.29, 1.82) is 0 Å². The molecule has 0 aliphatic heterocycles. The minimum atomic E-state index is 0.618. The molecular weight excluding hydrogens is 661 g/mol. The van der Waals surface area contributed by atoms with Gasteiger partial charge < -0.3 is 4.42 Å². The number of thiophene rings is 1. The van der Waals surface area contributed by atoms with Crippen molar-refractivity contribution in [3.63, 3.8) is 0 Å². The Labute approximate surface area is 315 Å². The highest BCUT2D eigenvalue weighted by atomic mass is 32.1. The van der Waals surface area contributed by atoms with E-state index in [1.165, 1.54) is 63.8 Å². The Bertz CT molecular complexity index is 3110. The molecule has 0 unspecified atom stereocenters. The van der Waals surface area contributed by atoms with Crippen LogP contribution in [0.1, 0.15) is 0 Å². The first-order valence-electron chi connectivity index (χ1n) is 18.0. The molecule has 10 rings (SSSR count). The van der Waals surface area contributed by atoms with Crippen molar-refractivity contribution in [1.82, 2.24) is 15.0 Å². The summed E-state index contributed by atoms with van der Waals surface area (Å²) < 4.78 is 8.89. The predicted molar refractivity (Wildman–Crippen MR) is 240 cm³/mol. The van der Waals surface area contributed by atoms with Gasteiger partial charge in [-0.15, -0.1) is 27.7 Å². The van der Waals surface area contributed by atoms with Crippen LogP contribution in [0.15, 0.2) is 126 Å². The quantitative estimate of drug-likeness (QED) is 0.267. The van der Waals surface area contributed by atoms with Crippen molar-refractivity contribution in [3.05, 3.63) is 121 Å². The third-order valence-corrected chi connectivity index (χ3v) is 12.5. The average molecular weight is 691 g/mol. The van der Waals surface area contributed by atoms with E-state index in [9.17, 15) is 0 Å². The second kappa shape index (κ2) is 12.1. The van der Waals surface area contributed by atoms with E-state index < -0.39 is 0 Å². The largest absolute Gasteiger partial charge is 0.456 e. The standard InChI is InChI=1S/C43H30B5N3OS/c44-36-35(37(45)39(47)40(48)38(36)46)43-50-41(49-42(51-43)24-16-18-28-27-8-3-4-10-29(27)52-30(28)20-24)23-14-12-22(13-15-23)26-9-5-11-31-33(26)34-25-7-2-1-6-21(25)17-19-32(34)53-31/h1-20H,44-48H2. The summed E-state index contributed by atoms with van der Waals surface area (Å²) >= 11 is 1.86. The number of aromatic nitrogens is 3. The van der Waals surface area contributed by atoms with Crippen molar-refractivity contribution < 1.29 is 4.42 Å². The van der Waals surface area contributed by atoms with E-state index in [2.05, 4.69) is 142 Å². The van der Waals surface area contributed by atoms with Gasteiger partial charge in [0.1, 0.15) is 50.4 Å². The number of nitrogens with zero attached hydrogens (tertiary/aromatic N) is 3. The van der Waals surface area contributed by atoms with Crippen LogP contribution >= 0.6 is 11.3 Å². The van der Waals surface area contributed by atoms with Crippen LogP contribution in [0.25, 0.3) is 98.2 Å². The van der Waals surface area contributed by atoms with Crippen LogP contribution in [0.2, 0.25) is 0 Å². The van der Waals surface area contributed by atoms with Crippen molar-refractivity contribution >= 4 is 131 Å². The van der Waals surface area contributed by atoms with Gasteiger partial charge in [-0.1, -0.05) is 102 Å². The van der Waals surface area contributed by atoms with Crippen molar-refractivity contribution in [2.75, 3.05) is 0 Å². The topological polar surface area (TPSA) is 51.8 Å². The van der Waals surface area contributed by atoms with Gasteiger partial charge in [0.2, 0.25) is 0 Å². The number of para-hydroxylation sites is 1. The van der Waals surface area contributed by atoms with Crippen LogP contribution in [0.3, 0.4) is 0 Å². The third kappa shape index (κ3) is 5.00. The normalized spacial score (nSPS) is 11.8. The predicted octanol–water partition coefficient (Wildman–Crippen LogP) is 3.25. The maximum absolute atomic E-state index is 6.29. The van der Waals surface area contributed by atoms with Gasteiger partial charge in [0, 0.05) is 47.6 Å². The highest BCUT2D eigenvalue weighted by Crippen LogP contribution is 2.43. The molecule has 7 aromatic carbocycles. The van der Waals surface area contributed by atoms with E-state index in [1.54, 1.807) is 0 Å². The number of benzene rings is 7. The van der Waals surface area contributed by atoms with Crippen LogP contribution in [0.5, 0.6) is 0 Å². The summed E-state index contributed by atoms with van der Waals surface area (Å²) in [6.07, 6.45) is 0. The van der Waals surface area contributed by atoms with Gasteiger partial charge in [-0.05, 0) is 52.2 Å². The molecule has 0 N–H and O–H groups in total. The first kappa shape index (κ1) is 31.9. The van der Waals surface area contributed by atoms with Gasteiger partial charge in [0.05, 0.1) is 0 Å². The molecule has 10 heteroatoms. The van der Waals surface area contributed by atoms with Crippen LogP contribution in [-0.4, -0.2) is 54.2 Å². The third-order valence-electron chi connectivity index (χ3n) is 11.3. The summed E-state index contributed by atoms with van der Waals surface area (Å²) in [5.41, 5.74) is 13.2. The second-order valence-electron chi connectivity index (χ2n) is 14.1. The van der Waals surface area contributed by atoms with E-state index in [0.29, 0.717) is 17.5 Å². The van der Waals surface area contributed by atoms with Gasteiger partial charge >= 0.3 is 0 Å². The number of rotatable bonds is 4. The number of fused-ring (bicyclic) bond motifs is 8. The first-order valence-corrected chi connectivity index (χ1v) is 18.8. The first-order chi connectivity index (χ1) is 25.8. The van der Waals surface area contributed by atoms with Crippen LogP contribution in [0, 0.1) is 0 Å². The van der Waals surface area contributed by atoms with Gasteiger partial charge in [-0.2, -0.15) is 0 Å². The SMILES string of the molecule is Bc1c(B)c(B)c(-c2nc(-c3ccc(-c4cccc5sc6ccc7ccccc7c6c45)cc3)nc(-c3ccc4c(c3)oc3ccccc34)n2)c(B)c1B. The molecule has 0 radical (unpaired) electrons. The molecule has 0 spiro atoms. The lowest BCUT2D eigenvalue weighted by atomic mass is 9.60. The Morgan fingerprint density at radius 3 is 1.83 bits per heavy atom. The summed E-state index contributed by atoms with van der Waals surface area (Å²) in [4.78, 5) is 15.5. The van der Waals surface area contributed by atoms with Crippen LogP contribution < -0.4 is 27.3 Å². The van der Waals surface area contributed by atoms with E-state index in [-0.39, 0.29) is 0 Å². The molecule has 10 aromatic rings. The lowest BCUT2D eigenvalue weighted by Gasteiger charge is -2.20. The lowest BCUT2D eigenvalue weighted by Crippen LogP contribution is -2.55. The maximum Gasteiger partial charge on any atom is 0.164 e. The molecule has 0 saturated carbocycles. The zero-order valence-corrected chi connectivity index (χ0v) is 31.0. The monoisotopic (exact) mass is 691 g/mol. The Balaban J connectivity index is 1.15. The molecule has 244 valence electrons. The van der Waals surface area contributed by atoms with Crippen LogP contribution in [-0.2, 0) is 0 Å². The minimum absolute atomic E-state index is 0.618. The Kier molecular flexibility index (Phi) is 7.28. The van der Waals surface area contributed by atoms with E-state index in [0.717, 1.165) is 44.2 Å². The van der Waals surface area contributed by atoms with Crippen molar-refractivity contribution in [2.45, 2.75) is 0 Å². The Morgan fingerprint density at radius 1 is 0.434 bits per heavy atom. The molecule has 0 atom stereocenters. The fraction of sp³-hybridized carbons (Fsp3) is 0. The van der Waals surface area contributed by atoms with Gasteiger partial charge in [0.15, 0.2) is 17.5 Å². The highest BCUT2D eigenvalue weighted by molar-refractivity contribution is 7.26. The molecule has 0 fully saturated rings. The minimum Gasteiger partial charge on any atom is -0.456 e. The van der Waals surface area contributed by atoms with Gasteiger partial charge in [0.25, 0.3) is 0 Å². The number of hydrogen-bond acceptors (Lipinski definition) is 5. The second-order valence-corrected chi connectivity index (χ2v) is 15.2. The van der Waals surface area contributed by atoms with Crippen LogP contribution in [0.4, 0.5) is 0 Å². The Hall–Kier alpha value is -5.85. The number of furan rings is 1. The molecule has 0 aliphatic carbocycles. The highest BCUT2D eigenvalue weighted by Gasteiger charge is 2.20. The van der Waals surface area contributed by atoms with E-state index in [4.69, 9.17) is 19.4 Å². The summed E-state index contributed by atoms with van der Waals surface area (Å²) in [6.45, 7) is 0. The fourth-order valence-electron chi connectivity index (χ4n) is 8.07. The Morgan fingerprint density at radius 2 is 1.04 bits per heavy atom. The smallest absolute Gasteiger partial charge is 0.164 e. The molecule has 0 aliphatic rings. The molecule has 0 amide bonds. The molecule has 0 saturated heterocycles. The van der Waals surface area contributed by atoms with Gasteiger partial charge in [-0.3, -0.25) is 0 Å². The van der Waals surface area contributed by atoms with Crippen molar-refractivity contribution in [3.8, 4) is 45.3 Å². The fourth-order valence-corrected chi connectivity index (χ4v) is 9.22. The number of hydrogen-bond donors (Lipinski definition) is 0. The summed E-state index contributed by atoms with van der Waals surface area (Å²) in [5.74, 6) is 1.94. The molecule has 4 nitrogen and oxygen atoms in total. The lowest BCUT2D eigenvalue weighted by molar-refractivity contribution is 0.669. The summed E-state index contributed by atoms with van der Waals surface area (Å²) in [6, 6.07) is 43.0. The molecule has 53 heavy (non-hydrogen) atoms. The molecule has 0 bridgehead atoms. The van der Waals surface area contributed by atoms with E-state index in [1.807, 2.05) is 29.5 Å².